The Bertz CT molecular complexity index is 843. The molecule has 0 bridgehead atoms. The Morgan fingerprint density at radius 2 is 1.87 bits per heavy atom. The normalized spacial score (nSPS) is 18.1. The van der Waals surface area contributed by atoms with E-state index >= 15 is 0 Å². The molecule has 1 aromatic heterocycles. The van der Waals surface area contributed by atoms with E-state index in [-0.39, 0.29) is 0 Å². The molecule has 7 heteroatoms. The van der Waals surface area contributed by atoms with Gasteiger partial charge in [0.05, 0.1) is 11.3 Å². The van der Waals surface area contributed by atoms with Gasteiger partial charge in [-0.3, -0.25) is 4.79 Å². The van der Waals surface area contributed by atoms with Crippen LogP contribution < -0.4 is 21.7 Å². The minimum Gasteiger partial charge on any atom is -0.384 e. The Hall–Kier alpha value is -2.64. The number of benzene rings is 1. The smallest absolute Gasteiger partial charge is 0.252 e. The lowest BCUT2D eigenvalue weighted by atomic mass is 9.92. The third-order valence-electron chi connectivity index (χ3n) is 6.09. The van der Waals surface area contributed by atoms with E-state index in [0.717, 1.165) is 69.9 Å². The lowest BCUT2D eigenvalue weighted by molar-refractivity contribution is 0.0853. The van der Waals surface area contributed by atoms with E-state index < -0.39 is 5.91 Å². The summed E-state index contributed by atoms with van der Waals surface area (Å²) in [5, 5.41) is 10.1. The largest absolute Gasteiger partial charge is 0.384 e. The molecule has 0 aliphatic carbocycles. The van der Waals surface area contributed by atoms with Crippen molar-refractivity contribution in [1.29, 1.82) is 0 Å². The number of pyridine rings is 1. The Kier molecular flexibility index (Phi) is 6.81. The molecular formula is C23H31N5O2. The van der Waals surface area contributed by atoms with Gasteiger partial charge in [0.1, 0.15) is 5.82 Å². The first-order chi connectivity index (χ1) is 14.7. The van der Waals surface area contributed by atoms with Gasteiger partial charge in [0, 0.05) is 37.7 Å². The monoisotopic (exact) mass is 409 g/mol. The highest BCUT2D eigenvalue weighted by Gasteiger charge is 2.17. The van der Waals surface area contributed by atoms with Crippen molar-refractivity contribution in [1.82, 2.24) is 10.3 Å². The fraction of sp³-hybridized carbons (Fsp3) is 0.478. The number of hydrogen-bond acceptors (Lipinski definition) is 6. The number of carbonyl (C=O) groups is 1. The van der Waals surface area contributed by atoms with E-state index in [2.05, 4.69) is 45.2 Å². The van der Waals surface area contributed by atoms with Crippen LogP contribution in [-0.4, -0.2) is 43.7 Å². The second-order valence-corrected chi connectivity index (χ2v) is 8.19. The number of aromatic nitrogens is 1. The third-order valence-corrected chi connectivity index (χ3v) is 6.09. The van der Waals surface area contributed by atoms with Crippen molar-refractivity contribution in [2.24, 2.45) is 11.7 Å². The fourth-order valence-electron chi connectivity index (χ4n) is 4.22. The number of carbonyl (C=O) groups excluding carboxylic acids is 1. The maximum Gasteiger partial charge on any atom is 0.252 e. The van der Waals surface area contributed by atoms with E-state index in [0.29, 0.717) is 23.2 Å². The first kappa shape index (κ1) is 20.6. The van der Waals surface area contributed by atoms with Gasteiger partial charge in [0.25, 0.3) is 5.91 Å². The highest BCUT2D eigenvalue weighted by molar-refractivity contribution is 5.98. The van der Waals surface area contributed by atoms with Crippen LogP contribution in [0.25, 0.3) is 0 Å². The minimum atomic E-state index is -0.470. The summed E-state index contributed by atoms with van der Waals surface area (Å²) in [7, 11) is 0. The number of primary amides is 1. The number of anilines is 3. The van der Waals surface area contributed by atoms with Crippen molar-refractivity contribution in [3.05, 3.63) is 47.7 Å². The lowest BCUT2D eigenvalue weighted by Gasteiger charge is -2.24. The standard InChI is InChI=1S/C23H31N5O2/c24-23(29)20-15-27-22(13-21(20)26-14-16-5-9-25-10-6-16)28-19-3-1-17(2-4-19)18-7-11-30-12-8-18/h1-4,13,15-16,18,25H,5-12,14H2,(H2,24,29)(H2,26,27,28). The van der Waals surface area contributed by atoms with Crippen molar-refractivity contribution in [2.75, 3.05) is 43.5 Å². The molecule has 2 aliphatic heterocycles. The third kappa shape index (κ3) is 5.29. The first-order valence-electron chi connectivity index (χ1n) is 10.9. The van der Waals surface area contributed by atoms with Crippen LogP contribution in [0.1, 0.15) is 47.5 Å². The van der Waals surface area contributed by atoms with Gasteiger partial charge in [-0.05, 0) is 68.3 Å². The van der Waals surface area contributed by atoms with Gasteiger partial charge < -0.3 is 26.4 Å². The highest BCUT2D eigenvalue weighted by atomic mass is 16.5. The number of amides is 1. The summed E-state index contributed by atoms with van der Waals surface area (Å²) >= 11 is 0. The van der Waals surface area contributed by atoms with Crippen LogP contribution in [-0.2, 0) is 4.74 Å². The molecule has 2 aliphatic rings. The number of hydrogen-bond donors (Lipinski definition) is 4. The quantitative estimate of drug-likeness (QED) is 0.560. The van der Waals surface area contributed by atoms with Crippen LogP contribution in [0.3, 0.4) is 0 Å². The van der Waals surface area contributed by atoms with Crippen molar-refractivity contribution < 1.29 is 9.53 Å². The van der Waals surface area contributed by atoms with E-state index in [4.69, 9.17) is 10.5 Å². The topological polar surface area (TPSA) is 101 Å². The van der Waals surface area contributed by atoms with Crippen LogP contribution in [0.15, 0.2) is 36.5 Å². The molecule has 4 rings (SSSR count). The molecule has 0 saturated carbocycles. The number of nitrogens with two attached hydrogens (primary N) is 1. The molecule has 0 radical (unpaired) electrons. The summed E-state index contributed by atoms with van der Waals surface area (Å²) in [5.41, 5.74) is 9.03. The summed E-state index contributed by atoms with van der Waals surface area (Å²) in [6, 6.07) is 10.4. The van der Waals surface area contributed by atoms with Crippen LogP contribution in [0.2, 0.25) is 0 Å². The average molecular weight is 410 g/mol. The molecule has 2 saturated heterocycles. The van der Waals surface area contributed by atoms with Crippen molar-refractivity contribution in [2.45, 2.75) is 31.6 Å². The van der Waals surface area contributed by atoms with Gasteiger partial charge in [-0.2, -0.15) is 0 Å². The van der Waals surface area contributed by atoms with Crippen molar-refractivity contribution in [3.8, 4) is 0 Å². The van der Waals surface area contributed by atoms with Crippen molar-refractivity contribution >= 4 is 23.1 Å². The van der Waals surface area contributed by atoms with Crippen LogP contribution in [0.5, 0.6) is 0 Å². The number of rotatable bonds is 7. The molecule has 0 unspecified atom stereocenters. The molecule has 0 spiro atoms. The molecule has 3 heterocycles. The fourth-order valence-corrected chi connectivity index (χ4v) is 4.22. The zero-order valence-electron chi connectivity index (χ0n) is 17.3. The summed E-state index contributed by atoms with van der Waals surface area (Å²) in [4.78, 5) is 16.2. The molecule has 2 aromatic rings. The minimum absolute atomic E-state index is 0.421. The lowest BCUT2D eigenvalue weighted by Crippen LogP contribution is -2.31. The predicted octanol–water partition coefficient (Wildman–Crippen LogP) is 3.23. The highest BCUT2D eigenvalue weighted by Crippen LogP contribution is 2.29. The van der Waals surface area contributed by atoms with Gasteiger partial charge in [0.15, 0.2) is 0 Å². The average Bonchev–Trinajstić information content (AvgIpc) is 2.79. The van der Waals surface area contributed by atoms with E-state index in [1.165, 1.54) is 5.56 Å². The SMILES string of the molecule is NC(=O)c1cnc(Nc2ccc(C3CCOCC3)cc2)cc1NCC1CCNCC1. The van der Waals surface area contributed by atoms with Gasteiger partial charge in [-0.25, -0.2) is 4.98 Å². The zero-order valence-corrected chi connectivity index (χ0v) is 17.3. The van der Waals surface area contributed by atoms with Gasteiger partial charge in [-0.15, -0.1) is 0 Å². The van der Waals surface area contributed by atoms with E-state index in [9.17, 15) is 4.79 Å². The molecule has 0 atom stereocenters. The summed E-state index contributed by atoms with van der Waals surface area (Å²) < 4.78 is 5.46. The maximum atomic E-state index is 11.8. The molecule has 5 N–H and O–H groups in total. The first-order valence-corrected chi connectivity index (χ1v) is 10.9. The number of ether oxygens (including phenoxy) is 1. The Morgan fingerprint density at radius 3 is 2.57 bits per heavy atom. The van der Waals surface area contributed by atoms with Crippen LogP contribution in [0, 0.1) is 5.92 Å². The molecular weight excluding hydrogens is 378 g/mol. The molecule has 1 amide bonds. The molecule has 2 fully saturated rings. The zero-order chi connectivity index (χ0) is 20.8. The van der Waals surface area contributed by atoms with Crippen LogP contribution in [0.4, 0.5) is 17.2 Å². The van der Waals surface area contributed by atoms with Gasteiger partial charge in [-0.1, -0.05) is 12.1 Å². The summed E-state index contributed by atoms with van der Waals surface area (Å²) in [5.74, 6) is 1.38. The van der Waals surface area contributed by atoms with E-state index in [1.54, 1.807) is 6.20 Å². The van der Waals surface area contributed by atoms with E-state index in [1.807, 2.05) is 6.07 Å². The second-order valence-electron chi connectivity index (χ2n) is 8.19. The number of nitrogens with zero attached hydrogens (tertiary/aromatic N) is 1. The maximum absolute atomic E-state index is 11.8. The number of piperidine rings is 1. The summed E-state index contributed by atoms with van der Waals surface area (Å²) in [6.45, 7) is 4.59. The second kappa shape index (κ2) is 9.91. The Morgan fingerprint density at radius 1 is 1.13 bits per heavy atom. The molecule has 1 aromatic carbocycles. The Balaban J connectivity index is 1.43. The predicted molar refractivity (Wildman–Crippen MR) is 119 cm³/mol. The van der Waals surface area contributed by atoms with Gasteiger partial charge >= 0.3 is 0 Å². The molecule has 7 nitrogen and oxygen atoms in total. The van der Waals surface area contributed by atoms with Crippen molar-refractivity contribution in [3.63, 3.8) is 0 Å². The number of nitrogens with one attached hydrogen (secondary N) is 3. The van der Waals surface area contributed by atoms with Crippen LogP contribution >= 0.6 is 0 Å². The summed E-state index contributed by atoms with van der Waals surface area (Å²) in [6.07, 6.45) is 5.97. The molecule has 160 valence electrons. The Labute approximate surface area is 177 Å². The van der Waals surface area contributed by atoms with Gasteiger partial charge in [0.2, 0.25) is 0 Å². The molecule has 30 heavy (non-hydrogen) atoms.